The third kappa shape index (κ3) is 2.66. The molecule has 0 aliphatic carbocycles. The van der Waals surface area contributed by atoms with Gasteiger partial charge in [-0.3, -0.25) is 4.18 Å². The van der Waals surface area contributed by atoms with Crippen LogP contribution in [0.1, 0.15) is 32.3 Å². The van der Waals surface area contributed by atoms with E-state index in [-0.39, 0.29) is 0 Å². The van der Waals surface area contributed by atoms with E-state index in [9.17, 15) is 4.21 Å². The summed E-state index contributed by atoms with van der Waals surface area (Å²) in [5.41, 5.74) is 1.10. The zero-order valence-corrected chi connectivity index (χ0v) is 9.64. The van der Waals surface area contributed by atoms with E-state index in [0.717, 1.165) is 10.5 Å². The van der Waals surface area contributed by atoms with Crippen molar-refractivity contribution in [2.75, 3.05) is 6.61 Å². The van der Waals surface area contributed by atoms with Gasteiger partial charge < -0.3 is 0 Å². The van der Waals surface area contributed by atoms with Crippen LogP contribution in [0.4, 0.5) is 0 Å². The van der Waals surface area contributed by atoms with E-state index in [0.29, 0.717) is 12.5 Å². The smallest absolute Gasteiger partial charge is 0.189 e. The Labute approximate surface area is 88.0 Å². The summed E-state index contributed by atoms with van der Waals surface area (Å²) in [6.07, 6.45) is 0. The molecule has 3 heteroatoms. The molecule has 0 heterocycles. The van der Waals surface area contributed by atoms with Gasteiger partial charge in [-0.15, -0.1) is 0 Å². The van der Waals surface area contributed by atoms with Crippen molar-refractivity contribution in [2.24, 2.45) is 0 Å². The first-order valence-electron chi connectivity index (χ1n) is 4.80. The molecular weight excluding hydrogens is 196 g/mol. The van der Waals surface area contributed by atoms with Crippen LogP contribution in [0, 0.1) is 0 Å². The van der Waals surface area contributed by atoms with Crippen molar-refractivity contribution >= 4 is 11.1 Å². The predicted octanol–water partition coefficient (Wildman–Crippen LogP) is 2.87. The summed E-state index contributed by atoms with van der Waals surface area (Å²) in [6.45, 7) is 6.49. The quantitative estimate of drug-likeness (QED) is 0.767. The summed E-state index contributed by atoms with van der Waals surface area (Å²) < 4.78 is 16.7. The second kappa shape index (κ2) is 5.27. The SMILES string of the molecule is CCOS(=O)c1ccccc1C(C)C. The summed E-state index contributed by atoms with van der Waals surface area (Å²) in [5.74, 6) is 0.371. The molecule has 0 amide bonds. The summed E-state index contributed by atoms with van der Waals surface area (Å²) in [7, 11) is 0. The van der Waals surface area contributed by atoms with E-state index in [1.165, 1.54) is 0 Å². The van der Waals surface area contributed by atoms with Crippen LogP contribution in [0.5, 0.6) is 0 Å². The maximum atomic E-state index is 11.7. The molecule has 1 unspecified atom stereocenters. The standard InChI is InChI=1S/C11H16O2S/c1-4-13-14(12)11-8-6-5-7-10(11)9(2)3/h5-9H,4H2,1-3H3. The van der Waals surface area contributed by atoms with Gasteiger partial charge in [0, 0.05) is 0 Å². The van der Waals surface area contributed by atoms with Crippen LogP contribution >= 0.6 is 0 Å². The van der Waals surface area contributed by atoms with Crippen LogP contribution in [-0.2, 0) is 15.3 Å². The van der Waals surface area contributed by atoms with Gasteiger partial charge in [-0.05, 0) is 24.5 Å². The third-order valence-electron chi connectivity index (χ3n) is 1.95. The molecule has 14 heavy (non-hydrogen) atoms. The lowest BCUT2D eigenvalue weighted by molar-refractivity contribution is 0.371. The van der Waals surface area contributed by atoms with Gasteiger partial charge in [0.1, 0.15) is 0 Å². The molecule has 1 aromatic carbocycles. The van der Waals surface area contributed by atoms with E-state index >= 15 is 0 Å². The molecule has 0 saturated heterocycles. The molecule has 2 nitrogen and oxygen atoms in total. The van der Waals surface area contributed by atoms with Gasteiger partial charge in [0.25, 0.3) is 0 Å². The molecule has 1 atom stereocenters. The Bertz CT molecular complexity index is 321. The molecule has 1 aromatic rings. The highest BCUT2D eigenvalue weighted by atomic mass is 32.2. The van der Waals surface area contributed by atoms with Crippen LogP contribution in [-0.4, -0.2) is 10.8 Å². The second-order valence-corrected chi connectivity index (χ2v) is 4.48. The lowest BCUT2D eigenvalue weighted by Gasteiger charge is -2.10. The fraction of sp³-hybridized carbons (Fsp3) is 0.455. The lowest BCUT2D eigenvalue weighted by atomic mass is 10.0. The number of hydrogen-bond donors (Lipinski definition) is 0. The van der Waals surface area contributed by atoms with Gasteiger partial charge in [-0.1, -0.05) is 32.0 Å². The molecule has 0 saturated carbocycles. The van der Waals surface area contributed by atoms with E-state index in [1.54, 1.807) is 0 Å². The highest BCUT2D eigenvalue weighted by Crippen LogP contribution is 2.22. The number of benzene rings is 1. The maximum Gasteiger partial charge on any atom is 0.189 e. The van der Waals surface area contributed by atoms with Crippen molar-refractivity contribution in [3.8, 4) is 0 Å². The Morgan fingerprint density at radius 3 is 2.57 bits per heavy atom. The van der Waals surface area contributed by atoms with Crippen LogP contribution < -0.4 is 0 Å². The van der Waals surface area contributed by atoms with E-state index in [2.05, 4.69) is 13.8 Å². The third-order valence-corrected chi connectivity index (χ3v) is 3.13. The van der Waals surface area contributed by atoms with Gasteiger partial charge in [0.05, 0.1) is 11.5 Å². The van der Waals surface area contributed by atoms with Crippen molar-refractivity contribution in [2.45, 2.75) is 31.6 Å². The van der Waals surface area contributed by atoms with Crippen molar-refractivity contribution in [3.05, 3.63) is 29.8 Å². The summed E-state index contributed by atoms with van der Waals surface area (Å²) >= 11 is -1.32. The monoisotopic (exact) mass is 212 g/mol. The first-order chi connectivity index (χ1) is 6.66. The first-order valence-corrected chi connectivity index (χ1v) is 5.88. The average Bonchev–Trinajstić information content (AvgIpc) is 2.18. The van der Waals surface area contributed by atoms with Crippen molar-refractivity contribution in [1.82, 2.24) is 0 Å². The summed E-state index contributed by atoms with van der Waals surface area (Å²) in [5, 5.41) is 0. The highest BCUT2D eigenvalue weighted by Gasteiger charge is 2.11. The number of rotatable bonds is 4. The zero-order chi connectivity index (χ0) is 10.6. The van der Waals surface area contributed by atoms with Crippen molar-refractivity contribution < 1.29 is 8.39 Å². The predicted molar refractivity (Wildman–Crippen MR) is 58.6 cm³/mol. The summed E-state index contributed by atoms with van der Waals surface area (Å²) in [4.78, 5) is 0.796. The zero-order valence-electron chi connectivity index (χ0n) is 8.82. The lowest BCUT2D eigenvalue weighted by Crippen LogP contribution is -2.02. The topological polar surface area (TPSA) is 26.3 Å². The molecule has 0 aromatic heterocycles. The molecule has 0 N–H and O–H groups in total. The molecule has 0 fully saturated rings. The van der Waals surface area contributed by atoms with E-state index in [1.807, 2.05) is 31.2 Å². The van der Waals surface area contributed by atoms with Gasteiger partial charge in [-0.2, -0.15) is 0 Å². The fourth-order valence-electron chi connectivity index (χ4n) is 1.28. The second-order valence-electron chi connectivity index (χ2n) is 3.33. The minimum absolute atomic E-state index is 0.371. The minimum atomic E-state index is -1.32. The highest BCUT2D eigenvalue weighted by molar-refractivity contribution is 7.80. The maximum absolute atomic E-state index is 11.7. The molecule has 0 radical (unpaired) electrons. The molecule has 78 valence electrons. The van der Waals surface area contributed by atoms with Gasteiger partial charge >= 0.3 is 0 Å². The Kier molecular flexibility index (Phi) is 4.29. The fourth-order valence-corrected chi connectivity index (χ4v) is 2.31. The van der Waals surface area contributed by atoms with E-state index in [4.69, 9.17) is 4.18 Å². The minimum Gasteiger partial charge on any atom is -0.287 e. The van der Waals surface area contributed by atoms with Crippen molar-refractivity contribution in [1.29, 1.82) is 0 Å². The Hall–Kier alpha value is -0.670. The number of hydrogen-bond acceptors (Lipinski definition) is 2. The Morgan fingerprint density at radius 2 is 2.00 bits per heavy atom. The average molecular weight is 212 g/mol. The molecule has 0 aliphatic heterocycles. The molecule has 1 rings (SSSR count). The van der Waals surface area contributed by atoms with Gasteiger partial charge in [-0.25, -0.2) is 4.21 Å². The molecule has 0 bridgehead atoms. The normalized spacial score (nSPS) is 13.1. The Balaban J connectivity index is 3.00. The molecular formula is C11H16O2S. The van der Waals surface area contributed by atoms with Crippen LogP contribution in [0.2, 0.25) is 0 Å². The molecule has 0 spiro atoms. The van der Waals surface area contributed by atoms with Gasteiger partial charge in [0.15, 0.2) is 11.1 Å². The van der Waals surface area contributed by atoms with Crippen LogP contribution in [0.3, 0.4) is 0 Å². The van der Waals surface area contributed by atoms with Crippen LogP contribution in [0.15, 0.2) is 29.2 Å². The van der Waals surface area contributed by atoms with Gasteiger partial charge in [0.2, 0.25) is 0 Å². The van der Waals surface area contributed by atoms with E-state index < -0.39 is 11.1 Å². The van der Waals surface area contributed by atoms with Crippen LogP contribution in [0.25, 0.3) is 0 Å². The Morgan fingerprint density at radius 1 is 1.36 bits per heavy atom. The summed E-state index contributed by atoms with van der Waals surface area (Å²) in [6, 6.07) is 7.71. The molecule has 0 aliphatic rings. The largest absolute Gasteiger partial charge is 0.287 e. The van der Waals surface area contributed by atoms with Crippen molar-refractivity contribution in [3.63, 3.8) is 0 Å². The first kappa shape index (κ1) is 11.4.